The van der Waals surface area contributed by atoms with Gasteiger partial charge in [-0.3, -0.25) is 0 Å². The van der Waals surface area contributed by atoms with Crippen molar-refractivity contribution in [3.8, 4) is 0 Å². The number of rotatable bonds is 8. The zero-order valence-electron chi connectivity index (χ0n) is 11.4. The van der Waals surface area contributed by atoms with Gasteiger partial charge >= 0.3 is 0 Å². The fourth-order valence-corrected chi connectivity index (χ4v) is 1.54. The lowest BCUT2D eigenvalue weighted by molar-refractivity contribution is 0.303. The molecule has 1 atom stereocenters. The Labute approximate surface area is 101 Å². The lowest BCUT2D eigenvalue weighted by atomic mass is 10.0. The molecule has 0 aliphatic rings. The third kappa shape index (κ3) is 8.70. The monoisotopic (exact) mass is 226 g/mol. The molecule has 0 nitrogen and oxygen atoms in total. The normalized spacial score (nSPS) is 15.3. The van der Waals surface area contributed by atoms with Crippen LogP contribution in [0.5, 0.6) is 0 Å². The van der Waals surface area contributed by atoms with Crippen LogP contribution in [-0.2, 0) is 0 Å². The second-order valence-electron chi connectivity index (χ2n) is 4.68. The first-order chi connectivity index (χ1) is 7.60. The number of allylic oxidation sites excluding steroid dienone is 4. The second-order valence-corrected chi connectivity index (χ2v) is 4.68. The van der Waals surface area contributed by atoms with E-state index in [1.54, 1.807) is 0 Å². The largest absolute Gasteiger partial charge is 0.247 e. The van der Waals surface area contributed by atoms with Gasteiger partial charge in [0.1, 0.15) is 6.17 Å². The van der Waals surface area contributed by atoms with Crippen LogP contribution >= 0.6 is 0 Å². The maximum absolute atomic E-state index is 13.5. The highest BCUT2D eigenvalue weighted by Gasteiger charge is 2.06. The van der Waals surface area contributed by atoms with Gasteiger partial charge in [-0.15, -0.1) is 0 Å². The van der Waals surface area contributed by atoms with Gasteiger partial charge in [-0.1, -0.05) is 56.4 Å². The Kier molecular flexibility index (Phi) is 9.27. The van der Waals surface area contributed by atoms with Gasteiger partial charge in [0.25, 0.3) is 0 Å². The smallest absolute Gasteiger partial charge is 0.104 e. The van der Waals surface area contributed by atoms with Crippen LogP contribution in [0.3, 0.4) is 0 Å². The SMILES string of the molecule is CCCCCC(F)C/C(C)=C/C=C(/C)CC. The molecule has 0 heterocycles. The molecule has 0 aromatic carbocycles. The van der Waals surface area contributed by atoms with Gasteiger partial charge < -0.3 is 0 Å². The molecule has 16 heavy (non-hydrogen) atoms. The lowest BCUT2D eigenvalue weighted by Crippen LogP contribution is -2.00. The quantitative estimate of drug-likeness (QED) is 0.373. The van der Waals surface area contributed by atoms with Crippen LogP contribution in [0.4, 0.5) is 4.39 Å². The molecule has 1 unspecified atom stereocenters. The van der Waals surface area contributed by atoms with Crippen molar-refractivity contribution >= 4 is 0 Å². The molecule has 0 aliphatic heterocycles. The van der Waals surface area contributed by atoms with Crippen molar-refractivity contribution in [1.82, 2.24) is 0 Å². The molecule has 0 spiro atoms. The van der Waals surface area contributed by atoms with E-state index in [2.05, 4.69) is 32.9 Å². The van der Waals surface area contributed by atoms with Crippen molar-refractivity contribution in [1.29, 1.82) is 0 Å². The van der Waals surface area contributed by atoms with E-state index in [-0.39, 0.29) is 0 Å². The molecule has 0 amide bonds. The van der Waals surface area contributed by atoms with Crippen LogP contribution < -0.4 is 0 Å². The molecule has 0 saturated carbocycles. The predicted octanol–water partition coefficient (Wildman–Crippen LogP) is 5.60. The van der Waals surface area contributed by atoms with Crippen molar-refractivity contribution in [2.24, 2.45) is 0 Å². The van der Waals surface area contributed by atoms with E-state index in [0.29, 0.717) is 6.42 Å². The Morgan fingerprint density at radius 2 is 1.69 bits per heavy atom. The summed E-state index contributed by atoms with van der Waals surface area (Å²) in [6.07, 6.45) is 9.23. The predicted molar refractivity (Wildman–Crippen MR) is 71.5 cm³/mol. The van der Waals surface area contributed by atoms with Gasteiger partial charge in [-0.05, 0) is 33.1 Å². The summed E-state index contributed by atoms with van der Waals surface area (Å²) in [5.74, 6) is 0. The summed E-state index contributed by atoms with van der Waals surface area (Å²) >= 11 is 0. The fourth-order valence-electron chi connectivity index (χ4n) is 1.54. The van der Waals surface area contributed by atoms with E-state index >= 15 is 0 Å². The van der Waals surface area contributed by atoms with Crippen LogP contribution in [0, 0.1) is 0 Å². The van der Waals surface area contributed by atoms with E-state index in [0.717, 1.165) is 31.3 Å². The minimum Gasteiger partial charge on any atom is -0.247 e. The summed E-state index contributed by atoms with van der Waals surface area (Å²) in [5.41, 5.74) is 2.50. The summed E-state index contributed by atoms with van der Waals surface area (Å²) in [6.45, 7) is 8.41. The fraction of sp³-hybridized carbons (Fsp3) is 0.733. The Hall–Kier alpha value is -0.590. The summed E-state index contributed by atoms with van der Waals surface area (Å²) < 4.78 is 13.5. The van der Waals surface area contributed by atoms with Gasteiger partial charge in [0.05, 0.1) is 0 Å². The molecule has 0 aliphatic carbocycles. The molecule has 0 aromatic rings. The highest BCUT2D eigenvalue weighted by Crippen LogP contribution is 2.15. The second kappa shape index (κ2) is 9.62. The first kappa shape index (κ1) is 15.4. The van der Waals surface area contributed by atoms with Crippen LogP contribution in [0.1, 0.15) is 66.2 Å². The topological polar surface area (TPSA) is 0 Å². The van der Waals surface area contributed by atoms with Crippen molar-refractivity contribution < 1.29 is 4.39 Å². The highest BCUT2D eigenvalue weighted by molar-refractivity contribution is 5.15. The Morgan fingerprint density at radius 1 is 1.06 bits per heavy atom. The summed E-state index contributed by atoms with van der Waals surface area (Å²) in [5, 5.41) is 0. The number of hydrogen-bond donors (Lipinski definition) is 0. The average Bonchev–Trinajstić information content (AvgIpc) is 2.26. The number of alkyl halides is 1. The molecule has 0 fully saturated rings. The van der Waals surface area contributed by atoms with Crippen molar-refractivity contribution in [3.63, 3.8) is 0 Å². The lowest BCUT2D eigenvalue weighted by Gasteiger charge is -2.07. The maximum atomic E-state index is 13.5. The Balaban J connectivity index is 3.89. The van der Waals surface area contributed by atoms with Crippen LogP contribution in [0.15, 0.2) is 23.3 Å². The van der Waals surface area contributed by atoms with Crippen LogP contribution in [0.2, 0.25) is 0 Å². The molecule has 0 rings (SSSR count). The minimum atomic E-state index is -0.655. The van der Waals surface area contributed by atoms with E-state index in [9.17, 15) is 4.39 Å². The highest BCUT2D eigenvalue weighted by atomic mass is 19.1. The van der Waals surface area contributed by atoms with E-state index < -0.39 is 6.17 Å². The van der Waals surface area contributed by atoms with Crippen molar-refractivity contribution in [2.75, 3.05) is 0 Å². The average molecular weight is 226 g/mol. The molecule has 0 aromatic heterocycles. The molecule has 1 heteroatoms. The first-order valence-corrected chi connectivity index (χ1v) is 6.57. The third-order valence-electron chi connectivity index (χ3n) is 2.87. The molecular formula is C15H27F. The zero-order chi connectivity index (χ0) is 12.4. The van der Waals surface area contributed by atoms with Gasteiger partial charge in [-0.2, -0.15) is 0 Å². The van der Waals surface area contributed by atoms with Gasteiger partial charge in [0, 0.05) is 0 Å². The number of halogens is 1. The zero-order valence-corrected chi connectivity index (χ0v) is 11.4. The van der Waals surface area contributed by atoms with Crippen molar-refractivity contribution in [2.45, 2.75) is 72.4 Å². The van der Waals surface area contributed by atoms with Gasteiger partial charge in [0.2, 0.25) is 0 Å². The van der Waals surface area contributed by atoms with E-state index in [1.165, 1.54) is 12.0 Å². The van der Waals surface area contributed by atoms with Crippen LogP contribution in [-0.4, -0.2) is 6.17 Å². The van der Waals surface area contributed by atoms with E-state index in [1.807, 2.05) is 6.92 Å². The third-order valence-corrected chi connectivity index (χ3v) is 2.87. The van der Waals surface area contributed by atoms with Crippen molar-refractivity contribution in [3.05, 3.63) is 23.3 Å². The molecular weight excluding hydrogens is 199 g/mol. The summed E-state index contributed by atoms with van der Waals surface area (Å²) in [7, 11) is 0. The summed E-state index contributed by atoms with van der Waals surface area (Å²) in [6, 6.07) is 0. The molecule has 0 bridgehead atoms. The molecule has 0 radical (unpaired) electrons. The first-order valence-electron chi connectivity index (χ1n) is 6.57. The number of unbranched alkanes of at least 4 members (excludes halogenated alkanes) is 2. The minimum absolute atomic E-state index is 0.594. The standard InChI is InChI=1S/C15H27F/c1-5-7-8-9-15(16)12-14(4)11-10-13(3)6-2/h10-11,15H,5-9,12H2,1-4H3/b13-10-,14-11+. The van der Waals surface area contributed by atoms with Gasteiger partial charge in [-0.25, -0.2) is 4.39 Å². The van der Waals surface area contributed by atoms with E-state index in [4.69, 9.17) is 0 Å². The Bertz CT molecular complexity index is 226. The number of hydrogen-bond acceptors (Lipinski definition) is 0. The Morgan fingerprint density at radius 3 is 2.25 bits per heavy atom. The molecule has 0 saturated heterocycles. The molecule has 94 valence electrons. The molecule has 0 N–H and O–H groups in total. The maximum Gasteiger partial charge on any atom is 0.104 e. The van der Waals surface area contributed by atoms with Gasteiger partial charge in [0.15, 0.2) is 0 Å². The van der Waals surface area contributed by atoms with Crippen LogP contribution in [0.25, 0.3) is 0 Å². The summed E-state index contributed by atoms with van der Waals surface area (Å²) in [4.78, 5) is 0.